The maximum atomic E-state index is 4.28. The molecule has 0 saturated carbocycles. The van der Waals surface area contributed by atoms with Crippen LogP contribution in [0.1, 0.15) is 22.5 Å². The lowest BCUT2D eigenvalue weighted by atomic mass is 10.1. The van der Waals surface area contributed by atoms with Crippen LogP contribution >= 0.6 is 0 Å². The van der Waals surface area contributed by atoms with E-state index in [2.05, 4.69) is 73.5 Å². The number of nitrogens with one attached hydrogen (secondary N) is 1. The van der Waals surface area contributed by atoms with Crippen LogP contribution in [0.15, 0.2) is 73.6 Å². The van der Waals surface area contributed by atoms with Crippen molar-refractivity contribution in [3.8, 4) is 0 Å². The van der Waals surface area contributed by atoms with Gasteiger partial charge in [0.25, 0.3) is 0 Å². The average molecular weight is 375 g/mol. The van der Waals surface area contributed by atoms with Crippen LogP contribution in [-0.2, 0) is 0 Å². The lowest BCUT2D eigenvalue weighted by Crippen LogP contribution is -1.80. The first-order chi connectivity index (χ1) is 14.3. The number of aromatic nitrogens is 5. The van der Waals surface area contributed by atoms with Gasteiger partial charge in [-0.3, -0.25) is 19.9 Å². The van der Waals surface area contributed by atoms with E-state index in [0.717, 1.165) is 33.5 Å². The molecule has 0 aliphatic carbocycles. The number of hydrogen-bond donors (Lipinski definition) is 1. The van der Waals surface area contributed by atoms with Crippen LogP contribution in [0.3, 0.4) is 0 Å². The van der Waals surface area contributed by atoms with E-state index in [0.29, 0.717) is 0 Å². The fourth-order valence-electron chi connectivity index (χ4n) is 3.30. The Labute approximate surface area is 167 Å². The number of benzene rings is 2. The summed E-state index contributed by atoms with van der Waals surface area (Å²) in [5.41, 5.74) is 6.14. The largest absolute Gasteiger partial charge is 0.355 e. The Kier molecular flexibility index (Phi) is 4.39. The maximum Gasteiger partial charge on any atom is 0.0813 e. The van der Waals surface area contributed by atoms with E-state index >= 15 is 0 Å². The molecule has 0 aliphatic rings. The molecule has 0 amide bonds. The predicted molar refractivity (Wildman–Crippen MR) is 118 cm³/mol. The standard InChI is InChI=1S/C24H17N5/c1(5-19-15-25-9-11-27-19)17-3-7-23-21(13-17)22-14-18(4-8-24(22)29-23)2-6-20-16-26-10-12-28-20/h1-16,29H/b5-1+,6-2+. The lowest BCUT2D eigenvalue weighted by Gasteiger charge is -1.98. The summed E-state index contributed by atoms with van der Waals surface area (Å²) in [5.74, 6) is 0. The highest BCUT2D eigenvalue weighted by Crippen LogP contribution is 2.28. The van der Waals surface area contributed by atoms with Gasteiger partial charge in [0, 0.05) is 46.6 Å². The van der Waals surface area contributed by atoms with Crippen molar-refractivity contribution < 1.29 is 0 Å². The summed E-state index contributed by atoms with van der Waals surface area (Å²) < 4.78 is 0. The minimum atomic E-state index is 0.836. The molecule has 0 bridgehead atoms. The van der Waals surface area contributed by atoms with E-state index in [1.54, 1.807) is 37.2 Å². The minimum absolute atomic E-state index is 0.836. The van der Waals surface area contributed by atoms with Crippen LogP contribution in [0.25, 0.3) is 46.1 Å². The molecule has 0 radical (unpaired) electrons. The second-order valence-electron chi connectivity index (χ2n) is 6.66. The van der Waals surface area contributed by atoms with E-state index in [4.69, 9.17) is 0 Å². The summed E-state index contributed by atoms with van der Waals surface area (Å²) in [5, 5.41) is 2.38. The van der Waals surface area contributed by atoms with Gasteiger partial charge < -0.3 is 4.98 Å². The van der Waals surface area contributed by atoms with E-state index in [-0.39, 0.29) is 0 Å². The predicted octanol–water partition coefficient (Wildman–Crippen LogP) is 5.24. The molecule has 5 nitrogen and oxygen atoms in total. The van der Waals surface area contributed by atoms with Crippen LogP contribution in [0.5, 0.6) is 0 Å². The first-order valence-electron chi connectivity index (χ1n) is 9.29. The molecule has 0 spiro atoms. The molecule has 5 rings (SSSR count). The summed E-state index contributed by atoms with van der Waals surface area (Å²) in [6.07, 6.45) is 18.3. The SMILES string of the molecule is C(=C\c1cnccn1)/c1ccc2[nH]c3ccc(/C=C/c4cnccn4)cc3c2c1. The van der Waals surface area contributed by atoms with Gasteiger partial charge in [-0.15, -0.1) is 0 Å². The number of fused-ring (bicyclic) bond motifs is 3. The third kappa shape index (κ3) is 3.66. The van der Waals surface area contributed by atoms with Crippen molar-refractivity contribution in [1.82, 2.24) is 24.9 Å². The minimum Gasteiger partial charge on any atom is -0.355 e. The second-order valence-corrected chi connectivity index (χ2v) is 6.66. The van der Waals surface area contributed by atoms with Crippen molar-refractivity contribution in [2.75, 3.05) is 0 Å². The number of rotatable bonds is 4. The normalized spacial score (nSPS) is 11.9. The first-order valence-corrected chi connectivity index (χ1v) is 9.29. The molecule has 3 heterocycles. The van der Waals surface area contributed by atoms with Crippen LogP contribution in [0.4, 0.5) is 0 Å². The average Bonchev–Trinajstić information content (AvgIpc) is 3.15. The summed E-state index contributed by atoms with van der Waals surface area (Å²) in [6.45, 7) is 0. The molecule has 0 fully saturated rings. The summed E-state index contributed by atoms with van der Waals surface area (Å²) >= 11 is 0. The summed E-state index contributed by atoms with van der Waals surface area (Å²) in [6, 6.07) is 12.8. The van der Waals surface area contributed by atoms with Crippen molar-refractivity contribution in [1.29, 1.82) is 0 Å². The van der Waals surface area contributed by atoms with E-state index in [1.165, 1.54) is 10.8 Å². The van der Waals surface area contributed by atoms with Gasteiger partial charge in [0.05, 0.1) is 23.8 Å². The number of H-pyrrole nitrogens is 1. The Balaban J connectivity index is 1.51. The van der Waals surface area contributed by atoms with Crippen LogP contribution in [0.2, 0.25) is 0 Å². The zero-order chi connectivity index (χ0) is 19.5. The Bertz CT molecular complexity index is 1230. The van der Waals surface area contributed by atoms with E-state index in [1.807, 2.05) is 12.2 Å². The molecule has 2 aromatic carbocycles. The quantitative estimate of drug-likeness (QED) is 0.466. The molecule has 0 atom stereocenters. The van der Waals surface area contributed by atoms with Gasteiger partial charge in [0.2, 0.25) is 0 Å². The molecule has 0 unspecified atom stereocenters. The van der Waals surface area contributed by atoms with Crippen molar-refractivity contribution in [3.63, 3.8) is 0 Å². The van der Waals surface area contributed by atoms with Crippen molar-refractivity contribution in [2.45, 2.75) is 0 Å². The molecular formula is C24H17N5. The van der Waals surface area contributed by atoms with Gasteiger partial charge in [-0.1, -0.05) is 24.3 Å². The molecule has 0 aliphatic heterocycles. The van der Waals surface area contributed by atoms with Crippen LogP contribution in [-0.4, -0.2) is 24.9 Å². The van der Waals surface area contributed by atoms with Crippen LogP contribution < -0.4 is 0 Å². The molecule has 1 N–H and O–H groups in total. The fraction of sp³-hybridized carbons (Fsp3) is 0. The summed E-state index contributed by atoms with van der Waals surface area (Å²) in [7, 11) is 0. The molecule has 3 aromatic heterocycles. The van der Waals surface area contributed by atoms with Gasteiger partial charge >= 0.3 is 0 Å². The molecule has 5 heteroatoms. The maximum absolute atomic E-state index is 4.28. The third-order valence-corrected chi connectivity index (χ3v) is 4.71. The van der Waals surface area contributed by atoms with E-state index in [9.17, 15) is 0 Å². The fourth-order valence-corrected chi connectivity index (χ4v) is 3.30. The topological polar surface area (TPSA) is 67.3 Å². The molecule has 0 saturated heterocycles. The number of hydrogen-bond acceptors (Lipinski definition) is 4. The number of aromatic amines is 1. The third-order valence-electron chi connectivity index (χ3n) is 4.71. The van der Waals surface area contributed by atoms with Crippen molar-refractivity contribution in [2.24, 2.45) is 0 Å². The van der Waals surface area contributed by atoms with Gasteiger partial charge in [0.15, 0.2) is 0 Å². The number of nitrogens with zero attached hydrogens (tertiary/aromatic N) is 4. The van der Waals surface area contributed by atoms with Gasteiger partial charge in [-0.05, 0) is 47.5 Å². The lowest BCUT2D eigenvalue weighted by molar-refractivity contribution is 1.18. The van der Waals surface area contributed by atoms with Crippen LogP contribution in [0, 0.1) is 0 Å². The Morgan fingerprint density at radius 1 is 0.586 bits per heavy atom. The van der Waals surface area contributed by atoms with Crippen molar-refractivity contribution >= 4 is 46.1 Å². The van der Waals surface area contributed by atoms with Crippen molar-refractivity contribution in [3.05, 3.63) is 96.1 Å². The zero-order valence-corrected chi connectivity index (χ0v) is 15.5. The highest BCUT2D eigenvalue weighted by atomic mass is 14.8. The molecular weight excluding hydrogens is 358 g/mol. The first kappa shape index (κ1) is 17.0. The van der Waals surface area contributed by atoms with Gasteiger partial charge in [0.1, 0.15) is 0 Å². The molecule has 29 heavy (non-hydrogen) atoms. The Morgan fingerprint density at radius 3 is 1.55 bits per heavy atom. The monoisotopic (exact) mass is 375 g/mol. The highest BCUT2D eigenvalue weighted by Gasteiger charge is 2.05. The molecule has 138 valence electrons. The summed E-state index contributed by atoms with van der Waals surface area (Å²) in [4.78, 5) is 20.2. The van der Waals surface area contributed by atoms with Gasteiger partial charge in [-0.2, -0.15) is 0 Å². The zero-order valence-electron chi connectivity index (χ0n) is 15.5. The van der Waals surface area contributed by atoms with E-state index < -0.39 is 0 Å². The second kappa shape index (κ2) is 7.48. The highest BCUT2D eigenvalue weighted by molar-refractivity contribution is 6.08. The smallest absolute Gasteiger partial charge is 0.0813 e. The Morgan fingerprint density at radius 2 is 1.10 bits per heavy atom. The Hall–Kier alpha value is -4.12. The molecule has 5 aromatic rings. The van der Waals surface area contributed by atoms with Gasteiger partial charge in [-0.25, -0.2) is 0 Å².